The van der Waals surface area contributed by atoms with Gasteiger partial charge in [-0.3, -0.25) is 0 Å². The van der Waals surface area contributed by atoms with Crippen LogP contribution in [-0.2, 0) is 0 Å². The molecule has 5 nitrogen and oxygen atoms in total. The molecule has 0 fully saturated rings. The number of amides is 2. The molecule has 24 heavy (non-hydrogen) atoms. The maximum absolute atomic E-state index is 12.6. The Kier molecular flexibility index (Phi) is 4.76. The molecule has 0 saturated carbocycles. The van der Waals surface area contributed by atoms with E-state index in [1.807, 2.05) is 18.2 Å². The number of urea groups is 1. The number of halogens is 3. The molecule has 1 N–H and O–H groups in total. The van der Waals surface area contributed by atoms with Gasteiger partial charge >= 0.3 is 6.03 Å². The maximum atomic E-state index is 12.6. The summed E-state index contributed by atoms with van der Waals surface area (Å²) in [5.74, 6) is 0. The molecule has 3 rings (SSSR count). The van der Waals surface area contributed by atoms with Crippen molar-refractivity contribution >= 4 is 57.9 Å². The van der Waals surface area contributed by atoms with Crippen molar-refractivity contribution in [2.75, 3.05) is 5.01 Å². The number of carbonyl (C=O) groups is 1. The van der Waals surface area contributed by atoms with E-state index in [2.05, 4.69) is 15.4 Å². The van der Waals surface area contributed by atoms with E-state index in [1.54, 1.807) is 31.2 Å². The lowest BCUT2D eigenvalue weighted by molar-refractivity contribution is 0.250. The maximum Gasteiger partial charge on any atom is 0.347 e. The summed E-state index contributed by atoms with van der Waals surface area (Å²) in [7, 11) is 0. The van der Waals surface area contributed by atoms with E-state index in [0.717, 1.165) is 0 Å². The van der Waals surface area contributed by atoms with Gasteiger partial charge in [-0.25, -0.2) is 9.78 Å². The molecule has 1 aromatic carbocycles. The summed E-state index contributed by atoms with van der Waals surface area (Å²) >= 11 is 18.3. The van der Waals surface area contributed by atoms with Crippen LogP contribution in [0.2, 0.25) is 10.3 Å². The average Bonchev–Trinajstić information content (AvgIpc) is 2.66. The molecule has 2 amide bonds. The van der Waals surface area contributed by atoms with E-state index in [1.165, 1.54) is 5.01 Å². The molecular formula is C16H11Cl3N4O. The molecule has 122 valence electrons. The number of hydrazone groups is 1. The Morgan fingerprint density at radius 2 is 1.67 bits per heavy atom. The van der Waals surface area contributed by atoms with Gasteiger partial charge in [-0.05, 0) is 31.2 Å². The molecule has 1 aliphatic heterocycles. The van der Waals surface area contributed by atoms with Gasteiger partial charge < -0.3 is 5.32 Å². The Morgan fingerprint density at radius 3 is 2.29 bits per heavy atom. The quantitative estimate of drug-likeness (QED) is 0.752. The van der Waals surface area contributed by atoms with Crippen LogP contribution in [-0.4, -0.2) is 16.7 Å². The summed E-state index contributed by atoms with van der Waals surface area (Å²) in [4.78, 5) is 16.5. The Hall–Kier alpha value is -2.08. The van der Waals surface area contributed by atoms with E-state index < -0.39 is 6.03 Å². The van der Waals surface area contributed by atoms with Gasteiger partial charge in [0.2, 0.25) is 0 Å². The zero-order chi connectivity index (χ0) is 17.3. The van der Waals surface area contributed by atoms with Crippen LogP contribution in [0.25, 0.3) is 5.70 Å². The first-order chi connectivity index (χ1) is 11.5. The Morgan fingerprint density at radius 1 is 1.04 bits per heavy atom. The van der Waals surface area contributed by atoms with E-state index >= 15 is 0 Å². The number of nitrogens with zero attached hydrogens (tertiary/aromatic N) is 3. The van der Waals surface area contributed by atoms with Crippen LogP contribution in [0, 0.1) is 0 Å². The summed E-state index contributed by atoms with van der Waals surface area (Å²) in [5.41, 5.74) is 2.00. The van der Waals surface area contributed by atoms with Crippen molar-refractivity contribution in [3.63, 3.8) is 0 Å². The number of rotatable bonds is 2. The van der Waals surface area contributed by atoms with Gasteiger partial charge in [-0.15, -0.1) is 0 Å². The SMILES string of the molecule is CC1=NN(c2ccccc2)C(=O)NC(c2cc(Cl)nc(Cl)c2)=C1Cl. The smallest absolute Gasteiger partial charge is 0.304 e. The van der Waals surface area contributed by atoms with Crippen molar-refractivity contribution in [2.24, 2.45) is 5.10 Å². The van der Waals surface area contributed by atoms with Gasteiger partial charge in [0, 0.05) is 5.56 Å². The highest BCUT2D eigenvalue weighted by Crippen LogP contribution is 2.28. The number of anilines is 1. The number of hydrogen-bond acceptors (Lipinski definition) is 3. The summed E-state index contributed by atoms with van der Waals surface area (Å²) in [6, 6.07) is 11.7. The highest BCUT2D eigenvalue weighted by Gasteiger charge is 2.24. The summed E-state index contributed by atoms with van der Waals surface area (Å²) in [5, 5.41) is 8.98. The number of carbonyl (C=O) groups excluding carboxylic acids is 1. The number of para-hydroxylation sites is 1. The molecule has 2 aromatic rings. The normalized spacial score (nSPS) is 15.1. The third-order valence-corrected chi connectivity index (χ3v) is 4.11. The number of benzene rings is 1. The molecule has 0 aliphatic carbocycles. The number of nitrogens with one attached hydrogen (secondary N) is 1. The minimum atomic E-state index is -0.449. The predicted octanol–water partition coefficient (Wildman–Crippen LogP) is 4.90. The first-order valence-electron chi connectivity index (χ1n) is 6.90. The van der Waals surface area contributed by atoms with Crippen LogP contribution in [0.15, 0.2) is 52.6 Å². The molecular weight excluding hydrogens is 371 g/mol. The molecule has 0 unspecified atom stereocenters. The molecule has 0 radical (unpaired) electrons. The number of pyridine rings is 1. The van der Waals surface area contributed by atoms with Crippen LogP contribution in [0.1, 0.15) is 12.5 Å². The lowest BCUT2D eigenvalue weighted by Crippen LogP contribution is -2.34. The lowest BCUT2D eigenvalue weighted by Gasteiger charge is -2.17. The molecule has 0 bridgehead atoms. The van der Waals surface area contributed by atoms with Gasteiger partial charge in [0.15, 0.2) is 0 Å². The van der Waals surface area contributed by atoms with Gasteiger partial charge in [0.1, 0.15) is 10.3 Å². The molecule has 1 aliphatic rings. The second-order valence-electron chi connectivity index (χ2n) is 4.95. The van der Waals surface area contributed by atoms with Crippen LogP contribution in [0.4, 0.5) is 10.5 Å². The number of hydrogen-bond donors (Lipinski definition) is 1. The van der Waals surface area contributed by atoms with E-state index in [9.17, 15) is 4.79 Å². The minimum Gasteiger partial charge on any atom is -0.304 e. The van der Waals surface area contributed by atoms with Crippen molar-refractivity contribution in [2.45, 2.75) is 6.92 Å². The molecule has 8 heteroatoms. The lowest BCUT2D eigenvalue weighted by atomic mass is 10.1. The molecule has 0 saturated heterocycles. The van der Waals surface area contributed by atoms with E-state index in [-0.39, 0.29) is 10.3 Å². The summed E-state index contributed by atoms with van der Waals surface area (Å²) < 4.78 is 0. The summed E-state index contributed by atoms with van der Waals surface area (Å²) in [6.07, 6.45) is 0. The summed E-state index contributed by atoms with van der Waals surface area (Å²) in [6.45, 7) is 1.71. The Bertz CT molecular complexity index is 845. The van der Waals surface area contributed by atoms with Crippen molar-refractivity contribution < 1.29 is 4.79 Å². The standard InChI is InChI=1S/C16H11Cl3N4O/c1-9-14(19)15(10-7-12(17)20-13(18)8-10)21-16(24)23(22-9)11-5-3-2-4-6-11/h2-8H,1H3,(H,21,24). The Balaban J connectivity index is 2.05. The highest BCUT2D eigenvalue weighted by molar-refractivity contribution is 6.47. The van der Waals surface area contributed by atoms with Crippen molar-refractivity contribution in [1.82, 2.24) is 10.3 Å². The second-order valence-corrected chi connectivity index (χ2v) is 6.11. The van der Waals surface area contributed by atoms with Crippen LogP contribution in [0.5, 0.6) is 0 Å². The second kappa shape index (κ2) is 6.81. The fraction of sp³-hybridized carbons (Fsp3) is 0.0625. The van der Waals surface area contributed by atoms with E-state index in [0.29, 0.717) is 27.7 Å². The monoisotopic (exact) mass is 380 g/mol. The zero-order valence-electron chi connectivity index (χ0n) is 12.4. The third-order valence-electron chi connectivity index (χ3n) is 3.26. The van der Waals surface area contributed by atoms with E-state index in [4.69, 9.17) is 34.8 Å². The van der Waals surface area contributed by atoms with Gasteiger partial charge in [0.25, 0.3) is 0 Å². The third kappa shape index (κ3) is 3.38. The number of allylic oxidation sites excluding steroid dienone is 1. The largest absolute Gasteiger partial charge is 0.347 e. The highest BCUT2D eigenvalue weighted by atomic mass is 35.5. The average molecular weight is 382 g/mol. The first-order valence-corrected chi connectivity index (χ1v) is 8.04. The number of aromatic nitrogens is 1. The van der Waals surface area contributed by atoms with Gasteiger partial charge in [0.05, 0.1) is 22.1 Å². The van der Waals surface area contributed by atoms with Crippen molar-refractivity contribution in [1.29, 1.82) is 0 Å². The van der Waals surface area contributed by atoms with Crippen LogP contribution >= 0.6 is 34.8 Å². The zero-order valence-corrected chi connectivity index (χ0v) is 14.7. The molecule has 0 atom stereocenters. The molecule has 0 spiro atoms. The van der Waals surface area contributed by atoms with Gasteiger partial charge in [-0.2, -0.15) is 10.1 Å². The molecule has 2 heterocycles. The first kappa shape index (κ1) is 16.8. The molecule has 1 aromatic heterocycles. The van der Waals surface area contributed by atoms with Crippen LogP contribution < -0.4 is 10.3 Å². The Labute approximate surface area is 153 Å². The van der Waals surface area contributed by atoms with Gasteiger partial charge in [-0.1, -0.05) is 53.0 Å². The van der Waals surface area contributed by atoms with Crippen LogP contribution in [0.3, 0.4) is 0 Å². The predicted molar refractivity (Wildman–Crippen MR) is 97.6 cm³/mol. The fourth-order valence-corrected chi connectivity index (χ4v) is 2.84. The minimum absolute atomic E-state index is 0.197. The van der Waals surface area contributed by atoms with Crippen molar-refractivity contribution in [3.05, 3.63) is 63.4 Å². The topological polar surface area (TPSA) is 57.6 Å². The fourth-order valence-electron chi connectivity index (χ4n) is 2.19. The van der Waals surface area contributed by atoms with Crippen molar-refractivity contribution in [3.8, 4) is 0 Å².